The zero-order chi connectivity index (χ0) is 14.9. The molecule has 1 aliphatic rings. The maximum absolute atomic E-state index is 12.0. The molecule has 6 nitrogen and oxygen atoms in total. The number of fused-ring (bicyclic) bond motifs is 1. The lowest BCUT2D eigenvalue weighted by atomic mass is 9.80. The largest absolute Gasteiger partial charge is 0.376 e. The number of ether oxygens (including phenoxy) is 1. The Morgan fingerprint density at radius 2 is 2.33 bits per heavy atom. The Hall–Kier alpha value is -1.47. The van der Waals surface area contributed by atoms with Gasteiger partial charge in [0.25, 0.3) is 5.56 Å². The second-order valence-corrected chi connectivity index (χ2v) is 6.49. The van der Waals surface area contributed by atoms with Crippen LogP contribution in [-0.2, 0) is 11.2 Å². The van der Waals surface area contributed by atoms with Crippen LogP contribution >= 0.6 is 11.3 Å². The minimum Gasteiger partial charge on any atom is -0.376 e. The fourth-order valence-electron chi connectivity index (χ4n) is 2.57. The number of rotatable bonds is 6. The second-order valence-electron chi connectivity index (χ2n) is 5.53. The molecule has 2 aromatic rings. The number of nitrogens with zero attached hydrogens (tertiary/aromatic N) is 3. The van der Waals surface area contributed by atoms with Gasteiger partial charge in [0.1, 0.15) is 0 Å². The van der Waals surface area contributed by atoms with Crippen molar-refractivity contribution in [1.82, 2.24) is 14.6 Å². The molecule has 0 atom stereocenters. The highest BCUT2D eigenvalue weighted by atomic mass is 32.1. The summed E-state index contributed by atoms with van der Waals surface area (Å²) in [4.78, 5) is 17.2. The quantitative estimate of drug-likeness (QED) is 0.885. The summed E-state index contributed by atoms with van der Waals surface area (Å²) in [7, 11) is 1.75. The summed E-state index contributed by atoms with van der Waals surface area (Å²) < 4.78 is 6.94. The van der Waals surface area contributed by atoms with Crippen molar-refractivity contribution in [3.8, 4) is 0 Å². The molecule has 2 aromatic heterocycles. The van der Waals surface area contributed by atoms with E-state index in [4.69, 9.17) is 4.74 Å². The molecule has 2 heterocycles. The summed E-state index contributed by atoms with van der Waals surface area (Å²) in [5.41, 5.74) is 0.659. The van der Waals surface area contributed by atoms with E-state index in [-0.39, 0.29) is 11.2 Å². The first kappa shape index (κ1) is 14.5. The normalized spacial score (nSPS) is 16.9. The molecular formula is C14H20N4O2S. The molecule has 0 bridgehead atoms. The molecule has 0 aromatic carbocycles. The van der Waals surface area contributed by atoms with Gasteiger partial charge in [-0.1, -0.05) is 24.7 Å². The number of hydrogen-bond acceptors (Lipinski definition) is 6. The van der Waals surface area contributed by atoms with Crippen molar-refractivity contribution >= 4 is 21.4 Å². The summed E-state index contributed by atoms with van der Waals surface area (Å²) in [5, 5.41) is 8.31. The molecule has 0 aliphatic heterocycles. The predicted molar refractivity (Wildman–Crippen MR) is 83.2 cm³/mol. The number of aryl methyl sites for hydroxylation is 1. The predicted octanol–water partition coefficient (Wildman–Crippen LogP) is 2.08. The standard InChI is InChI=1S/C14H20N4O2S/c1-3-5-10-8-11(19)18-13(16-10)21-12(17-18)15-9-14(20-2)6-4-7-14/h8H,3-7,9H2,1-2H3,(H,15,17). The van der Waals surface area contributed by atoms with Crippen LogP contribution in [-0.4, -0.2) is 33.9 Å². The lowest BCUT2D eigenvalue weighted by molar-refractivity contribution is -0.0601. The molecule has 1 saturated carbocycles. The average molecular weight is 308 g/mol. The van der Waals surface area contributed by atoms with Crippen LogP contribution < -0.4 is 10.9 Å². The first-order valence-electron chi connectivity index (χ1n) is 7.35. The number of aromatic nitrogens is 3. The van der Waals surface area contributed by atoms with Gasteiger partial charge in [0.2, 0.25) is 10.1 Å². The van der Waals surface area contributed by atoms with Gasteiger partial charge in [-0.3, -0.25) is 4.79 Å². The minimum absolute atomic E-state index is 0.0659. The number of methoxy groups -OCH3 is 1. The smallest absolute Gasteiger partial charge is 0.275 e. The van der Waals surface area contributed by atoms with Gasteiger partial charge < -0.3 is 10.1 Å². The van der Waals surface area contributed by atoms with Crippen LogP contribution in [0.5, 0.6) is 0 Å². The van der Waals surface area contributed by atoms with E-state index in [0.29, 0.717) is 4.96 Å². The fourth-order valence-corrected chi connectivity index (χ4v) is 3.39. The molecule has 0 amide bonds. The van der Waals surface area contributed by atoms with E-state index in [0.717, 1.165) is 43.1 Å². The molecular weight excluding hydrogens is 288 g/mol. The monoisotopic (exact) mass is 308 g/mol. The first-order chi connectivity index (χ1) is 10.2. The van der Waals surface area contributed by atoms with Gasteiger partial charge in [-0.2, -0.15) is 4.52 Å². The molecule has 7 heteroatoms. The van der Waals surface area contributed by atoms with Gasteiger partial charge >= 0.3 is 0 Å². The molecule has 114 valence electrons. The molecule has 1 aliphatic carbocycles. The van der Waals surface area contributed by atoms with Crippen molar-refractivity contribution < 1.29 is 4.74 Å². The zero-order valence-corrected chi connectivity index (χ0v) is 13.2. The zero-order valence-electron chi connectivity index (χ0n) is 12.4. The molecule has 0 radical (unpaired) electrons. The summed E-state index contributed by atoms with van der Waals surface area (Å²) >= 11 is 1.41. The number of nitrogens with one attached hydrogen (secondary N) is 1. The third-order valence-electron chi connectivity index (χ3n) is 4.06. The Balaban J connectivity index is 1.80. The Labute approximate surface area is 127 Å². The maximum Gasteiger partial charge on any atom is 0.275 e. The summed E-state index contributed by atoms with van der Waals surface area (Å²) in [6.45, 7) is 2.80. The van der Waals surface area contributed by atoms with Gasteiger partial charge in [0.15, 0.2) is 0 Å². The van der Waals surface area contributed by atoms with Crippen LogP contribution in [0.15, 0.2) is 10.9 Å². The fraction of sp³-hybridized carbons (Fsp3) is 0.643. The molecule has 0 saturated heterocycles. The van der Waals surface area contributed by atoms with E-state index in [9.17, 15) is 4.79 Å². The summed E-state index contributed by atoms with van der Waals surface area (Å²) in [6.07, 6.45) is 5.14. The lowest BCUT2D eigenvalue weighted by Crippen LogP contribution is -2.45. The third-order valence-corrected chi connectivity index (χ3v) is 4.93. The topological polar surface area (TPSA) is 68.5 Å². The highest BCUT2D eigenvalue weighted by Crippen LogP contribution is 2.35. The van der Waals surface area contributed by atoms with Gasteiger partial charge in [0.05, 0.1) is 5.60 Å². The Kier molecular flexibility index (Phi) is 3.95. The van der Waals surface area contributed by atoms with E-state index < -0.39 is 0 Å². The molecule has 21 heavy (non-hydrogen) atoms. The molecule has 1 fully saturated rings. The molecule has 0 spiro atoms. The van der Waals surface area contributed by atoms with Gasteiger partial charge in [0, 0.05) is 25.4 Å². The van der Waals surface area contributed by atoms with E-state index in [1.165, 1.54) is 22.3 Å². The van der Waals surface area contributed by atoms with Crippen LogP contribution in [0.4, 0.5) is 5.13 Å². The van der Waals surface area contributed by atoms with Crippen molar-refractivity contribution in [2.45, 2.75) is 44.6 Å². The third kappa shape index (κ3) is 2.80. The number of hydrogen-bond donors (Lipinski definition) is 1. The van der Waals surface area contributed by atoms with Crippen molar-refractivity contribution in [1.29, 1.82) is 0 Å². The summed E-state index contributed by atoms with van der Waals surface area (Å²) in [5.74, 6) is 0. The maximum atomic E-state index is 12.0. The Morgan fingerprint density at radius 3 is 2.95 bits per heavy atom. The van der Waals surface area contributed by atoms with Gasteiger partial charge in [-0.25, -0.2) is 4.98 Å². The molecule has 0 unspecified atom stereocenters. The Morgan fingerprint density at radius 1 is 1.52 bits per heavy atom. The van der Waals surface area contributed by atoms with E-state index in [1.54, 1.807) is 13.2 Å². The van der Waals surface area contributed by atoms with Gasteiger partial charge in [-0.15, -0.1) is 5.10 Å². The number of anilines is 1. The Bertz CT molecular complexity index is 684. The van der Waals surface area contributed by atoms with Crippen molar-refractivity contribution in [2.24, 2.45) is 0 Å². The lowest BCUT2D eigenvalue weighted by Gasteiger charge is -2.40. The highest BCUT2D eigenvalue weighted by Gasteiger charge is 2.36. The second kappa shape index (κ2) is 5.73. The van der Waals surface area contributed by atoms with Crippen molar-refractivity contribution in [3.63, 3.8) is 0 Å². The van der Waals surface area contributed by atoms with Crippen LogP contribution in [0.1, 0.15) is 38.3 Å². The van der Waals surface area contributed by atoms with E-state index in [2.05, 4.69) is 22.3 Å². The van der Waals surface area contributed by atoms with Crippen LogP contribution in [0, 0.1) is 0 Å². The van der Waals surface area contributed by atoms with Crippen LogP contribution in [0.25, 0.3) is 4.96 Å². The van der Waals surface area contributed by atoms with E-state index in [1.807, 2.05) is 0 Å². The van der Waals surface area contributed by atoms with Gasteiger partial charge in [-0.05, 0) is 25.7 Å². The first-order valence-corrected chi connectivity index (χ1v) is 8.16. The van der Waals surface area contributed by atoms with Crippen LogP contribution in [0.3, 0.4) is 0 Å². The van der Waals surface area contributed by atoms with Crippen molar-refractivity contribution in [2.75, 3.05) is 19.0 Å². The minimum atomic E-state index is -0.113. The summed E-state index contributed by atoms with van der Waals surface area (Å²) in [6, 6.07) is 1.57. The van der Waals surface area contributed by atoms with Crippen LogP contribution in [0.2, 0.25) is 0 Å². The van der Waals surface area contributed by atoms with Crippen molar-refractivity contribution in [3.05, 3.63) is 22.1 Å². The molecule has 3 rings (SSSR count). The average Bonchev–Trinajstić information content (AvgIpc) is 2.82. The van der Waals surface area contributed by atoms with E-state index >= 15 is 0 Å². The molecule has 1 N–H and O–H groups in total. The SMILES string of the molecule is CCCc1cc(=O)n2nc(NCC3(OC)CCC3)sc2n1. The highest BCUT2D eigenvalue weighted by molar-refractivity contribution is 7.20.